The third-order valence-electron chi connectivity index (χ3n) is 3.27. The zero-order valence-corrected chi connectivity index (χ0v) is 13.4. The van der Waals surface area contributed by atoms with Crippen LogP contribution >= 0.6 is 11.6 Å². The number of hydrogen-bond donors (Lipinski definition) is 2. The van der Waals surface area contributed by atoms with Crippen molar-refractivity contribution in [3.8, 4) is 0 Å². The fourth-order valence-electron chi connectivity index (χ4n) is 1.73. The first kappa shape index (κ1) is 16.2. The van der Waals surface area contributed by atoms with E-state index in [4.69, 9.17) is 11.6 Å². The zero-order valence-electron chi connectivity index (χ0n) is 12.6. The van der Waals surface area contributed by atoms with E-state index in [9.17, 15) is 4.79 Å². The van der Waals surface area contributed by atoms with Gasteiger partial charge < -0.3 is 10.6 Å². The SMILES string of the molecule is CCC(C)NC(=O)c1cnc(NCc2ccc(Cl)cc2)nc1. The number of halogens is 1. The molecule has 0 bridgehead atoms. The number of amides is 1. The summed E-state index contributed by atoms with van der Waals surface area (Å²) in [6.07, 6.45) is 3.93. The van der Waals surface area contributed by atoms with Crippen LogP contribution in [0.2, 0.25) is 5.02 Å². The highest BCUT2D eigenvalue weighted by Gasteiger charge is 2.09. The van der Waals surface area contributed by atoms with Gasteiger partial charge in [-0.1, -0.05) is 30.7 Å². The molecule has 1 atom stereocenters. The van der Waals surface area contributed by atoms with Gasteiger partial charge in [0.05, 0.1) is 5.56 Å². The fraction of sp³-hybridized carbons (Fsp3) is 0.312. The van der Waals surface area contributed by atoms with Crippen LogP contribution in [0.5, 0.6) is 0 Å². The fourth-order valence-corrected chi connectivity index (χ4v) is 1.86. The molecule has 1 unspecified atom stereocenters. The lowest BCUT2D eigenvalue weighted by atomic mass is 10.2. The first-order valence-corrected chi connectivity index (χ1v) is 7.57. The largest absolute Gasteiger partial charge is 0.350 e. The predicted octanol–water partition coefficient (Wildman–Crippen LogP) is 3.27. The first-order chi connectivity index (χ1) is 10.6. The van der Waals surface area contributed by atoms with Crippen LogP contribution in [0, 0.1) is 0 Å². The van der Waals surface area contributed by atoms with E-state index in [-0.39, 0.29) is 11.9 Å². The van der Waals surface area contributed by atoms with Crippen LogP contribution < -0.4 is 10.6 Å². The number of nitrogens with one attached hydrogen (secondary N) is 2. The average Bonchev–Trinajstić information content (AvgIpc) is 2.54. The summed E-state index contributed by atoms with van der Waals surface area (Å²) < 4.78 is 0. The van der Waals surface area contributed by atoms with Gasteiger partial charge in [-0.2, -0.15) is 0 Å². The molecule has 2 aromatic rings. The number of benzene rings is 1. The second-order valence-electron chi connectivity index (χ2n) is 5.06. The van der Waals surface area contributed by atoms with Crippen molar-refractivity contribution in [1.82, 2.24) is 15.3 Å². The zero-order chi connectivity index (χ0) is 15.9. The molecule has 2 N–H and O–H groups in total. The van der Waals surface area contributed by atoms with E-state index in [2.05, 4.69) is 20.6 Å². The normalized spacial score (nSPS) is 11.8. The summed E-state index contributed by atoms with van der Waals surface area (Å²) in [5.74, 6) is 0.327. The Kier molecular flexibility index (Phi) is 5.72. The smallest absolute Gasteiger partial charge is 0.254 e. The number of anilines is 1. The summed E-state index contributed by atoms with van der Waals surface area (Å²) in [6, 6.07) is 7.67. The molecule has 2 rings (SSSR count). The van der Waals surface area contributed by atoms with E-state index in [1.807, 2.05) is 38.1 Å². The average molecular weight is 319 g/mol. The lowest BCUT2D eigenvalue weighted by Crippen LogP contribution is -2.32. The molecule has 0 fully saturated rings. The summed E-state index contributed by atoms with van der Waals surface area (Å²) in [5.41, 5.74) is 1.53. The summed E-state index contributed by atoms with van der Waals surface area (Å²) >= 11 is 5.84. The van der Waals surface area contributed by atoms with Gasteiger partial charge in [0.25, 0.3) is 5.91 Å². The monoisotopic (exact) mass is 318 g/mol. The van der Waals surface area contributed by atoms with Crippen LogP contribution in [0.25, 0.3) is 0 Å². The van der Waals surface area contributed by atoms with Gasteiger partial charge in [-0.05, 0) is 31.0 Å². The van der Waals surface area contributed by atoms with Gasteiger partial charge in [0.2, 0.25) is 5.95 Å². The maximum Gasteiger partial charge on any atom is 0.254 e. The molecular weight excluding hydrogens is 300 g/mol. The molecule has 5 nitrogen and oxygen atoms in total. The number of hydrogen-bond acceptors (Lipinski definition) is 4. The number of carbonyl (C=O) groups is 1. The van der Waals surface area contributed by atoms with E-state index in [0.717, 1.165) is 12.0 Å². The van der Waals surface area contributed by atoms with Crippen LogP contribution in [0.4, 0.5) is 5.95 Å². The van der Waals surface area contributed by atoms with Crippen LogP contribution in [-0.2, 0) is 6.54 Å². The molecule has 1 amide bonds. The van der Waals surface area contributed by atoms with Crippen molar-refractivity contribution >= 4 is 23.5 Å². The highest BCUT2D eigenvalue weighted by molar-refractivity contribution is 6.30. The number of rotatable bonds is 6. The van der Waals surface area contributed by atoms with E-state index >= 15 is 0 Å². The maximum atomic E-state index is 11.9. The van der Waals surface area contributed by atoms with Gasteiger partial charge in [-0.15, -0.1) is 0 Å². The van der Waals surface area contributed by atoms with Crippen LogP contribution in [-0.4, -0.2) is 21.9 Å². The molecule has 0 aliphatic rings. The quantitative estimate of drug-likeness (QED) is 0.858. The Morgan fingerprint density at radius 2 is 1.86 bits per heavy atom. The molecular formula is C16H19ClN4O. The van der Waals surface area contributed by atoms with Crippen molar-refractivity contribution in [2.45, 2.75) is 32.9 Å². The maximum absolute atomic E-state index is 11.9. The summed E-state index contributed by atoms with van der Waals surface area (Å²) in [5, 5.41) is 6.68. The van der Waals surface area contributed by atoms with Gasteiger partial charge in [-0.25, -0.2) is 9.97 Å². The number of nitrogens with zero attached hydrogens (tertiary/aromatic N) is 2. The highest BCUT2D eigenvalue weighted by atomic mass is 35.5. The molecule has 1 aromatic carbocycles. The minimum atomic E-state index is -0.154. The summed E-state index contributed by atoms with van der Waals surface area (Å²) in [4.78, 5) is 20.2. The van der Waals surface area contributed by atoms with Gasteiger partial charge in [-0.3, -0.25) is 4.79 Å². The van der Waals surface area contributed by atoms with Crippen molar-refractivity contribution in [1.29, 1.82) is 0 Å². The second-order valence-corrected chi connectivity index (χ2v) is 5.49. The van der Waals surface area contributed by atoms with Gasteiger partial charge in [0.1, 0.15) is 0 Å². The Balaban J connectivity index is 1.91. The van der Waals surface area contributed by atoms with E-state index < -0.39 is 0 Å². The standard InChI is InChI=1S/C16H19ClN4O/c1-3-11(2)21-15(22)13-9-19-16(20-10-13)18-8-12-4-6-14(17)7-5-12/h4-7,9-11H,3,8H2,1-2H3,(H,21,22)(H,18,19,20). The lowest BCUT2D eigenvalue weighted by Gasteiger charge is -2.11. The van der Waals surface area contributed by atoms with Crippen molar-refractivity contribution in [3.05, 3.63) is 52.8 Å². The van der Waals surface area contributed by atoms with E-state index in [0.29, 0.717) is 23.1 Å². The molecule has 0 radical (unpaired) electrons. The third kappa shape index (κ3) is 4.70. The van der Waals surface area contributed by atoms with Crippen molar-refractivity contribution in [2.24, 2.45) is 0 Å². The molecule has 0 saturated heterocycles. The number of aromatic nitrogens is 2. The van der Waals surface area contributed by atoms with Crippen molar-refractivity contribution < 1.29 is 4.79 Å². The third-order valence-corrected chi connectivity index (χ3v) is 3.52. The second kappa shape index (κ2) is 7.75. The molecule has 0 saturated carbocycles. The Morgan fingerprint density at radius 1 is 1.23 bits per heavy atom. The van der Waals surface area contributed by atoms with Crippen LogP contribution in [0.15, 0.2) is 36.7 Å². The molecule has 0 aliphatic heterocycles. The van der Waals surface area contributed by atoms with E-state index in [1.165, 1.54) is 12.4 Å². The molecule has 116 valence electrons. The van der Waals surface area contributed by atoms with Crippen molar-refractivity contribution in [3.63, 3.8) is 0 Å². The van der Waals surface area contributed by atoms with Gasteiger partial charge >= 0.3 is 0 Å². The molecule has 1 heterocycles. The first-order valence-electron chi connectivity index (χ1n) is 7.19. The minimum absolute atomic E-state index is 0.134. The Morgan fingerprint density at radius 3 is 2.45 bits per heavy atom. The molecule has 6 heteroatoms. The van der Waals surface area contributed by atoms with Crippen LogP contribution in [0.3, 0.4) is 0 Å². The van der Waals surface area contributed by atoms with Crippen LogP contribution in [0.1, 0.15) is 36.2 Å². The molecule has 0 spiro atoms. The van der Waals surface area contributed by atoms with Gasteiger partial charge in [0.15, 0.2) is 0 Å². The number of carbonyl (C=O) groups excluding carboxylic acids is 1. The molecule has 0 aliphatic carbocycles. The van der Waals surface area contributed by atoms with Crippen molar-refractivity contribution in [2.75, 3.05) is 5.32 Å². The Labute approximate surface area is 135 Å². The Bertz CT molecular complexity index is 613. The molecule has 22 heavy (non-hydrogen) atoms. The summed E-state index contributed by atoms with van der Waals surface area (Å²) in [7, 11) is 0. The van der Waals surface area contributed by atoms with Gasteiger partial charge in [0, 0.05) is 30.0 Å². The van der Waals surface area contributed by atoms with E-state index in [1.54, 1.807) is 0 Å². The predicted molar refractivity (Wildman–Crippen MR) is 88.0 cm³/mol. The topological polar surface area (TPSA) is 66.9 Å². The summed E-state index contributed by atoms with van der Waals surface area (Å²) in [6.45, 7) is 4.57. The highest BCUT2D eigenvalue weighted by Crippen LogP contribution is 2.10. The molecule has 1 aromatic heterocycles. The minimum Gasteiger partial charge on any atom is -0.350 e. The Hall–Kier alpha value is -2.14. The lowest BCUT2D eigenvalue weighted by molar-refractivity contribution is 0.0938.